The number of fused-ring (bicyclic) bond motifs is 1. The van der Waals surface area contributed by atoms with Gasteiger partial charge >= 0.3 is 17.3 Å². The molecule has 1 heterocycles. The van der Waals surface area contributed by atoms with Crippen molar-refractivity contribution in [2.75, 3.05) is 0 Å². The molecule has 0 saturated carbocycles. The average molecular weight is 449 g/mol. The molecule has 170 valence electrons. The molecule has 0 fully saturated rings. The maximum absolute atomic E-state index is 13.5. The van der Waals surface area contributed by atoms with Crippen LogP contribution in [-0.2, 0) is 19.3 Å². The Balaban J connectivity index is 1.87. The zero-order valence-corrected chi connectivity index (χ0v) is 17.7. The summed E-state index contributed by atoms with van der Waals surface area (Å²) in [6.45, 7) is 5.02. The van der Waals surface area contributed by atoms with Crippen LogP contribution in [-0.4, -0.2) is 21.6 Å². The molecule has 1 aromatic heterocycles. The predicted molar refractivity (Wildman–Crippen MR) is 113 cm³/mol. The van der Waals surface area contributed by atoms with Gasteiger partial charge in [0.05, 0.1) is 22.7 Å². The minimum absolute atomic E-state index is 0.0860. The van der Waals surface area contributed by atoms with Gasteiger partial charge in [-0.2, -0.15) is 13.2 Å². The van der Waals surface area contributed by atoms with Crippen molar-refractivity contribution < 1.29 is 22.7 Å². The molecule has 0 unspecified atom stereocenters. The number of nitrogens with zero attached hydrogens (tertiary/aromatic N) is 1. The summed E-state index contributed by atoms with van der Waals surface area (Å²) < 4.78 is 47.1. The number of aromatic amines is 1. The fraction of sp³-hybridized carbons (Fsp3) is 0.318. The fourth-order valence-corrected chi connectivity index (χ4v) is 3.33. The monoisotopic (exact) mass is 449 g/mol. The van der Waals surface area contributed by atoms with E-state index in [1.54, 1.807) is 20.8 Å². The first-order valence-corrected chi connectivity index (χ1v) is 9.93. The Morgan fingerprint density at radius 2 is 1.88 bits per heavy atom. The number of ether oxygens (including phenoxy) is 1. The van der Waals surface area contributed by atoms with E-state index in [0.717, 1.165) is 6.07 Å². The summed E-state index contributed by atoms with van der Waals surface area (Å²) in [6.07, 6.45) is -4.91. The number of aryl methyl sites for hydroxylation is 1. The molecule has 10 heteroatoms. The molecule has 2 N–H and O–H groups in total. The number of alkyl halides is 3. The number of rotatable bonds is 6. The fourth-order valence-electron chi connectivity index (χ4n) is 3.33. The maximum atomic E-state index is 13.5. The zero-order chi connectivity index (χ0) is 23.6. The van der Waals surface area contributed by atoms with E-state index in [-0.39, 0.29) is 41.6 Å². The number of amides is 1. The van der Waals surface area contributed by atoms with Gasteiger partial charge in [-0.25, -0.2) is 0 Å². The second-order valence-corrected chi connectivity index (χ2v) is 7.40. The van der Waals surface area contributed by atoms with Gasteiger partial charge in [-0.15, -0.1) is 0 Å². The smallest absolute Gasteiger partial charge is 0.416 e. The minimum atomic E-state index is -4.62. The standard InChI is InChI=1S/C22H22F3N3O4/c1-4-28-18-8-6-13(9-17(18)27-20(30)21(28)31)19(29)26-11-14-5-7-15(32-12(2)3)10-16(14)22(23,24)25/h5-10,12H,4,11H2,1-3H3,(H,26,29)(H,27,30). The second kappa shape index (κ2) is 8.89. The quantitative estimate of drug-likeness (QED) is 0.564. The van der Waals surface area contributed by atoms with Crippen LogP contribution in [0.5, 0.6) is 5.75 Å². The number of hydrogen-bond acceptors (Lipinski definition) is 4. The van der Waals surface area contributed by atoms with Crippen molar-refractivity contribution in [2.24, 2.45) is 0 Å². The topological polar surface area (TPSA) is 93.2 Å². The first kappa shape index (κ1) is 23.1. The van der Waals surface area contributed by atoms with Crippen molar-refractivity contribution in [3.8, 4) is 5.75 Å². The molecule has 7 nitrogen and oxygen atoms in total. The van der Waals surface area contributed by atoms with E-state index in [0.29, 0.717) is 5.52 Å². The number of H-pyrrole nitrogens is 1. The van der Waals surface area contributed by atoms with Gasteiger partial charge in [0, 0.05) is 18.7 Å². The van der Waals surface area contributed by atoms with Crippen LogP contribution in [0.3, 0.4) is 0 Å². The highest BCUT2D eigenvalue weighted by Crippen LogP contribution is 2.34. The molecule has 32 heavy (non-hydrogen) atoms. The van der Waals surface area contributed by atoms with Crippen LogP contribution < -0.4 is 21.2 Å². The normalized spacial score (nSPS) is 11.7. The summed E-state index contributed by atoms with van der Waals surface area (Å²) in [4.78, 5) is 38.7. The van der Waals surface area contributed by atoms with Gasteiger partial charge in [-0.3, -0.25) is 14.4 Å². The molecule has 2 aromatic carbocycles. The van der Waals surface area contributed by atoms with Gasteiger partial charge in [0.15, 0.2) is 0 Å². The van der Waals surface area contributed by atoms with E-state index in [9.17, 15) is 27.6 Å². The van der Waals surface area contributed by atoms with Crippen LogP contribution in [0.25, 0.3) is 11.0 Å². The third-order valence-corrected chi connectivity index (χ3v) is 4.75. The van der Waals surface area contributed by atoms with Crippen molar-refractivity contribution in [3.05, 3.63) is 73.8 Å². The molecule has 0 radical (unpaired) electrons. The van der Waals surface area contributed by atoms with Crippen molar-refractivity contribution in [1.29, 1.82) is 0 Å². The van der Waals surface area contributed by atoms with Crippen molar-refractivity contribution in [1.82, 2.24) is 14.9 Å². The van der Waals surface area contributed by atoms with Gasteiger partial charge in [0.2, 0.25) is 0 Å². The molecule has 0 spiro atoms. The Kier molecular flexibility index (Phi) is 6.42. The largest absolute Gasteiger partial charge is 0.491 e. The number of aromatic nitrogens is 2. The molecule has 0 saturated heterocycles. The van der Waals surface area contributed by atoms with E-state index in [4.69, 9.17) is 4.74 Å². The van der Waals surface area contributed by atoms with Gasteiger partial charge in [0.25, 0.3) is 5.91 Å². The summed E-state index contributed by atoms with van der Waals surface area (Å²) >= 11 is 0. The van der Waals surface area contributed by atoms with Crippen molar-refractivity contribution in [2.45, 2.75) is 46.1 Å². The van der Waals surface area contributed by atoms with Crippen LogP contribution >= 0.6 is 0 Å². The maximum Gasteiger partial charge on any atom is 0.416 e. The highest BCUT2D eigenvalue weighted by Gasteiger charge is 2.34. The zero-order valence-electron chi connectivity index (χ0n) is 17.7. The van der Waals surface area contributed by atoms with Crippen LogP contribution in [0.2, 0.25) is 0 Å². The molecular weight excluding hydrogens is 427 g/mol. The van der Waals surface area contributed by atoms with Crippen LogP contribution in [0.4, 0.5) is 13.2 Å². The third kappa shape index (κ3) is 4.84. The first-order valence-electron chi connectivity index (χ1n) is 9.93. The van der Waals surface area contributed by atoms with Crippen molar-refractivity contribution in [3.63, 3.8) is 0 Å². The second-order valence-electron chi connectivity index (χ2n) is 7.40. The van der Waals surface area contributed by atoms with Gasteiger partial charge in [-0.1, -0.05) is 6.07 Å². The molecular formula is C22H22F3N3O4. The lowest BCUT2D eigenvalue weighted by molar-refractivity contribution is -0.138. The van der Waals surface area contributed by atoms with Gasteiger partial charge in [-0.05, 0) is 56.7 Å². The molecule has 3 rings (SSSR count). The Morgan fingerprint density at radius 3 is 2.50 bits per heavy atom. The van der Waals surface area contributed by atoms with E-state index in [1.165, 1.54) is 34.9 Å². The molecule has 3 aromatic rings. The lowest BCUT2D eigenvalue weighted by Crippen LogP contribution is -2.36. The molecule has 0 aliphatic carbocycles. The number of nitrogens with one attached hydrogen (secondary N) is 2. The molecule has 0 aliphatic rings. The number of benzene rings is 2. The first-order chi connectivity index (χ1) is 15.0. The summed E-state index contributed by atoms with van der Waals surface area (Å²) in [5.41, 5.74) is -1.70. The van der Waals surface area contributed by atoms with Crippen LogP contribution in [0.1, 0.15) is 42.3 Å². The SMILES string of the molecule is CCn1c(=O)c(=O)[nH]c2cc(C(=O)NCc3ccc(OC(C)C)cc3C(F)(F)F)ccc21. The highest BCUT2D eigenvalue weighted by atomic mass is 19.4. The Bertz CT molecular complexity index is 1280. The molecule has 1 amide bonds. The van der Waals surface area contributed by atoms with E-state index in [1.807, 2.05) is 0 Å². The van der Waals surface area contributed by atoms with E-state index in [2.05, 4.69) is 10.3 Å². The predicted octanol–water partition coefficient (Wildman–Crippen LogP) is 3.45. The lowest BCUT2D eigenvalue weighted by Gasteiger charge is -2.17. The summed E-state index contributed by atoms with van der Waals surface area (Å²) in [6, 6.07) is 7.91. The molecule has 0 bridgehead atoms. The van der Waals surface area contributed by atoms with Crippen LogP contribution in [0, 0.1) is 0 Å². The molecule has 0 aliphatic heterocycles. The highest BCUT2D eigenvalue weighted by molar-refractivity contribution is 5.97. The molecule has 0 atom stereocenters. The minimum Gasteiger partial charge on any atom is -0.491 e. The Hall–Kier alpha value is -3.56. The number of carbonyl (C=O) groups is 1. The number of carbonyl (C=O) groups excluding carboxylic acids is 1. The summed E-state index contributed by atoms with van der Waals surface area (Å²) in [5.74, 6) is -0.541. The third-order valence-electron chi connectivity index (χ3n) is 4.75. The average Bonchev–Trinajstić information content (AvgIpc) is 2.72. The van der Waals surface area contributed by atoms with E-state index < -0.39 is 28.8 Å². The Morgan fingerprint density at radius 1 is 1.16 bits per heavy atom. The van der Waals surface area contributed by atoms with Crippen molar-refractivity contribution >= 4 is 16.9 Å². The number of hydrogen-bond donors (Lipinski definition) is 2. The summed E-state index contributed by atoms with van der Waals surface area (Å²) in [7, 11) is 0. The van der Waals surface area contributed by atoms with Crippen LogP contribution in [0.15, 0.2) is 46.0 Å². The van der Waals surface area contributed by atoms with Gasteiger partial charge < -0.3 is 19.6 Å². The van der Waals surface area contributed by atoms with E-state index >= 15 is 0 Å². The lowest BCUT2D eigenvalue weighted by atomic mass is 10.1. The van der Waals surface area contributed by atoms with Gasteiger partial charge in [0.1, 0.15) is 5.75 Å². The summed E-state index contributed by atoms with van der Waals surface area (Å²) in [5, 5.41) is 2.47. The number of halogens is 3. The Labute approximate surface area is 180 Å².